The quantitative estimate of drug-likeness (QED) is 0.178. The molecule has 0 amide bonds. The Morgan fingerprint density at radius 2 is 0.820 bits per heavy atom. The number of aromatic nitrogens is 2. The van der Waals surface area contributed by atoms with E-state index in [1.807, 2.05) is 0 Å². The van der Waals surface area contributed by atoms with Gasteiger partial charge in [-0.1, -0.05) is 146 Å². The second-order valence-electron chi connectivity index (χ2n) is 12.9. The molecular formula is C48H32N2. The van der Waals surface area contributed by atoms with Gasteiger partial charge in [0.2, 0.25) is 0 Å². The molecule has 0 unspecified atom stereocenters. The smallest absolute Gasteiger partial charge is 0.0547 e. The molecule has 0 radical (unpaired) electrons. The zero-order valence-electron chi connectivity index (χ0n) is 27.4. The molecule has 0 saturated carbocycles. The standard InChI is InChI=1S/C48H32N2/c1-4-15-33(16-5-1)38-23-14-26-46(48(38)34-17-6-2-7-18-34)50-44-25-13-11-22-40(44)42-31-35(28-30-45(42)50)36-27-29-41-39-21-10-12-24-43(39)49(47(41)32-36)37-19-8-3-9-20-37/h1-32H. The highest BCUT2D eigenvalue weighted by molar-refractivity contribution is 6.13. The summed E-state index contributed by atoms with van der Waals surface area (Å²) in [4.78, 5) is 0. The fourth-order valence-electron chi connectivity index (χ4n) is 7.91. The summed E-state index contributed by atoms with van der Waals surface area (Å²) in [6.45, 7) is 0. The van der Waals surface area contributed by atoms with Crippen molar-refractivity contribution in [3.8, 4) is 44.8 Å². The van der Waals surface area contributed by atoms with Gasteiger partial charge in [0.05, 0.1) is 27.8 Å². The van der Waals surface area contributed by atoms with Crippen molar-refractivity contribution in [2.24, 2.45) is 0 Å². The lowest BCUT2D eigenvalue weighted by atomic mass is 9.93. The zero-order valence-corrected chi connectivity index (χ0v) is 27.4. The van der Waals surface area contributed by atoms with Crippen molar-refractivity contribution >= 4 is 43.6 Å². The van der Waals surface area contributed by atoms with Crippen LogP contribution in [0.1, 0.15) is 0 Å². The molecule has 0 fully saturated rings. The van der Waals surface area contributed by atoms with E-state index in [2.05, 4.69) is 203 Å². The Balaban J connectivity index is 1.21. The molecule has 0 atom stereocenters. The van der Waals surface area contributed by atoms with Crippen LogP contribution in [0, 0.1) is 0 Å². The number of benzene rings is 8. The van der Waals surface area contributed by atoms with Crippen molar-refractivity contribution in [1.82, 2.24) is 9.13 Å². The molecule has 50 heavy (non-hydrogen) atoms. The predicted molar refractivity (Wildman–Crippen MR) is 211 cm³/mol. The van der Waals surface area contributed by atoms with Crippen LogP contribution in [0.3, 0.4) is 0 Å². The average Bonchev–Trinajstić information content (AvgIpc) is 3.71. The predicted octanol–water partition coefficient (Wildman–Crippen LogP) is 12.9. The minimum absolute atomic E-state index is 1.17. The first kappa shape index (κ1) is 28.4. The van der Waals surface area contributed by atoms with E-state index in [0.717, 1.165) is 0 Å². The first-order chi connectivity index (χ1) is 24.8. The van der Waals surface area contributed by atoms with Crippen LogP contribution in [0.25, 0.3) is 88.4 Å². The number of nitrogens with zero attached hydrogens (tertiary/aromatic N) is 2. The highest BCUT2D eigenvalue weighted by Crippen LogP contribution is 2.42. The van der Waals surface area contributed by atoms with Gasteiger partial charge in [0, 0.05) is 32.8 Å². The maximum Gasteiger partial charge on any atom is 0.0547 e. The molecule has 2 nitrogen and oxygen atoms in total. The van der Waals surface area contributed by atoms with E-state index in [0.29, 0.717) is 0 Å². The molecule has 0 aliphatic carbocycles. The molecule has 0 saturated heterocycles. The number of fused-ring (bicyclic) bond motifs is 6. The number of para-hydroxylation sites is 3. The maximum atomic E-state index is 2.46. The minimum Gasteiger partial charge on any atom is -0.309 e. The summed E-state index contributed by atoms with van der Waals surface area (Å²) in [5, 5.41) is 5.01. The molecule has 2 heteroatoms. The van der Waals surface area contributed by atoms with Crippen molar-refractivity contribution in [2.75, 3.05) is 0 Å². The Kier molecular flexibility index (Phi) is 6.53. The van der Waals surface area contributed by atoms with Gasteiger partial charge < -0.3 is 9.13 Å². The van der Waals surface area contributed by atoms with E-state index < -0.39 is 0 Å². The lowest BCUT2D eigenvalue weighted by Crippen LogP contribution is -1.99. The lowest BCUT2D eigenvalue weighted by Gasteiger charge is -2.18. The monoisotopic (exact) mass is 636 g/mol. The molecule has 234 valence electrons. The van der Waals surface area contributed by atoms with E-state index in [9.17, 15) is 0 Å². The van der Waals surface area contributed by atoms with Crippen LogP contribution in [0.5, 0.6) is 0 Å². The van der Waals surface area contributed by atoms with E-state index >= 15 is 0 Å². The van der Waals surface area contributed by atoms with Crippen molar-refractivity contribution in [3.05, 3.63) is 194 Å². The Morgan fingerprint density at radius 3 is 1.56 bits per heavy atom. The van der Waals surface area contributed by atoms with Crippen LogP contribution in [0.2, 0.25) is 0 Å². The third-order valence-corrected chi connectivity index (χ3v) is 10.1. The Hall–Kier alpha value is -6.64. The minimum atomic E-state index is 1.17. The van der Waals surface area contributed by atoms with Gasteiger partial charge in [-0.05, 0) is 76.3 Å². The third kappa shape index (κ3) is 4.43. The highest BCUT2D eigenvalue weighted by atomic mass is 15.0. The molecule has 10 aromatic rings. The van der Waals surface area contributed by atoms with Crippen LogP contribution in [-0.2, 0) is 0 Å². The SMILES string of the molecule is c1ccc(-c2cccc(-n3c4ccccc4c4cc(-c5ccc6c7ccccc7n(-c7ccccc7)c6c5)ccc43)c2-c2ccccc2)cc1. The summed E-state index contributed by atoms with van der Waals surface area (Å²) in [7, 11) is 0. The second-order valence-corrected chi connectivity index (χ2v) is 12.9. The van der Waals surface area contributed by atoms with E-state index in [4.69, 9.17) is 0 Å². The molecule has 2 heterocycles. The molecule has 0 aliphatic rings. The van der Waals surface area contributed by atoms with Crippen LogP contribution in [0.4, 0.5) is 0 Å². The van der Waals surface area contributed by atoms with Crippen LogP contribution < -0.4 is 0 Å². The number of hydrogen-bond donors (Lipinski definition) is 0. The first-order valence-electron chi connectivity index (χ1n) is 17.2. The van der Waals surface area contributed by atoms with Crippen molar-refractivity contribution < 1.29 is 0 Å². The summed E-state index contributed by atoms with van der Waals surface area (Å²) in [5.41, 5.74) is 14.4. The van der Waals surface area contributed by atoms with Crippen LogP contribution in [0.15, 0.2) is 194 Å². The second kappa shape index (κ2) is 11.5. The average molecular weight is 637 g/mol. The van der Waals surface area contributed by atoms with Crippen LogP contribution >= 0.6 is 0 Å². The lowest BCUT2D eigenvalue weighted by molar-refractivity contribution is 1.18. The van der Waals surface area contributed by atoms with Crippen molar-refractivity contribution in [2.45, 2.75) is 0 Å². The Morgan fingerprint density at radius 1 is 0.280 bits per heavy atom. The van der Waals surface area contributed by atoms with E-state index in [-0.39, 0.29) is 0 Å². The first-order valence-corrected chi connectivity index (χ1v) is 17.2. The molecular weight excluding hydrogens is 605 g/mol. The summed E-state index contributed by atoms with van der Waals surface area (Å²) >= 11 is 0. The number of hydrogen-bond acceptors (Lipinski definition) is 0. The zero-order chi connectivity index (χ0) is 33.0. The summed E-state index contributed by atoms with van der Waals surface area (Å²) in [5.74, 6) is 0. The van der Waals surface area contributed by atoms with Gasteiger partial charge in [-0.15, -0.1) is 0 Å². The van der Waals surface area contributed by atoms with Crippen LogP contribution in [-0.4, -0.2) is 9.13 Å². The van der Waals surface area contributed by atoms with Gasteiger partial charge in [-0.25, -0.2) is 0 Å². The maximum absolute atomic E-state index is 2.46. The molecule has 10 rings (SSSR count). The van der Waals surface area contributed by atoms with Gasteiger partial charge >= 0.3 is 0 Å². The van der Waals surface area contributed by atoms with Crippen molar-refractivity contribution in [1.29, 1.82) is 0 Å². The summed E-state index contributed by atoms with van der Waals surface area (Å²) in [6.07, 6.45) is 0. The van der Waals surface area contributed by atoms with Gasteiger partial charge in [-0.2, -0.15) is 0 Å². The Labute approximate surface area is 290 Å². The summed E-state index contributed by atoms with van der Waals surface area (Å²) in [6, 6.07) is 70.4. The fourth-order valence-corrected chi connectivity index (χ4v) is 7.91. The number of rotatable bonds is 5. The van der Waals surface area contributed by atoms with Gasteiger partial charge in [0.15, 0.2) is 0 Å². The molecule has 2 aromatic heterocycles. The topological polar surface area (TPSA) is 9.86 Å². The normalized spacial score (nSPS) is 11.6. The van der Waals surface area contributed by atoms with Gasteiger partial charge in [-0.3, -0.25) is 0 Å². The molecule has 8 aromatic carbocycles. The fraction of sp³-hybridized carbons (Fsp3) is 0. The molecule has 0 bridgehead atoms. The Bertz CT molecular complexity index is 2840. The molecule has 0 aliphatic heterocycles. The summed E-state index contributed by atoms with van der Waals surface area (Å²) < 4.78 is 4.85. The van der Waals surface area contributed by atoms with Crippen molar-refractivity contribution in [3.63, 3.8) is 0 Å². The van der Waals surface area contributed by atoms with Gasteiger partial charge in [0.1, 0.15) is 0 Å². The largest absolute Gasteiger partial charge is 0.309 e. The third-order valence-electron chi connectivity index (χ3n) is 10.1. The van der Waals surface area contributed by atoms with E-state index in [1.165, 1.54) is 88.4 Å². The van der Waals surface area contributed by atoms with E-state index in [1.54, 1.807) is 0 Å². The molecule has 0 spiro atoms. The van der Waals surface area contributed by atoms with Gasteiger partial charge in [0.25, 0.3) is 0 Å². The highest BCUT2D eigenvalue weighted by Gasteiger charge is 2.20. The molecule has 0 N–H and O–H groups in total.